The van der Waals surface area contributed by atoms with Gasteiger partial charge < -0.3 is 10.1 Å². The molecule has 0 bridgehead atoms. The first-order chi connectivity index (χ1) is 16.8. The SMILES string of the molecule is CCc1nc(C(=O)NC[C@H]2CC[C@H](S(C)(=O)=O)CC2)cn1-c1ccc(C[C@H](C)C(F)(F)F)cc1OC. The first-order valence-electron chi connectivity index (χ1n) is 12.1. The average molecular weight is 530 g/mol. The maximum absolute atomic E-state index is 13.0. The number of methoxy groups -OCH3 is 1. The van der Waals surface area contributed by atoms with E-state index >= 15 is 0 Å². The van der Waals surface area contributed by atoms with E-state index in [1.54, 1.807) is 29.0 Å². The van der Waals surface area contributed by atoms with Gasteiger partial charge in [-0.25, -0.2) is 13.4 Å². The van der Waals surface area contributed by atoms with Crippen LogP contribution in [0.25, 0.3) is 5.69 Å². The van der Waals surface area contributed by atoms with Gasteiger partial charge in [-0.05, 0) is 55.7 Å². The number of carbonyl (C=O) groups is 1. The number of hydrogen-bond donors (Lipinski definition) is 1. The van der Waals surface area contributed by atoms with Crippen LogP contribution in [-0.2, 0) is 22.7 Å². The smallest absolute Gasteiger partial charge is 0.391 e. The van der Waals surface area contributed by atoms with Gasteiger partial charge in [0.05, 0.1) is 24.0 Å². The summed E-state index contributed by atoms with van der Waals surface area (Å²) in [5.74, 6) is -0.592. The molecule has 0 spiro atoms. The van der Waals surface area contributed by atoms with Gasteiger partial charge >= 0.3 is 6.18 Å². The van der Waals surface area contributed by atoms with Gasteiger partial charge in [0.1, 0.15) is 27.1 Å². The standard InChI is InChI=1S/C25H34F3N3O4S/c1-5-23-30-20(24(32)29-14-17-6-9-19(10-7-17)36(4,33)34)15-31(23)21-11-8-18(13-22(21)35-3)12-16(2)25(26,27)28/h8,11,13,15-17,19H,5-7,9-10,12,14H2,1-4H3,(H,29,32)/t16-,17-,19-/m0/s1. The number of rotatable bonds is 9. The van der Waals surface area contributed by atoms with Gasteiger partial charge in [-0.1, -0.05) is 19.9 Å². The molecule has 1 aromatic heterocycles. The van der Waals surface area contributed by atoms with Crippen LogP contribution in [0.5, 0.6) is 5.75 Å². The average Bonchev–Trinajstić information content (AvgIpc) is 3.26. The van der Waals surface area contributed by atoms with Crippen molar-refractivity contribution in [2.75, 3.05) is 19.9 Å². The fraction of sp³-hybridized carbons (Fsp3) is 0.600. The Morgan fingerprint density at radius 1 is 1.25 bits per heavy atom. The molecular weight excluding hydrogens is 495 g/mol. The molecule has 1 amide bonds. The van der Waals surface area contributed by atoms with E-state index in [4.69, 9.17) is 4.74 Å². The molecule has 11 heteroatoms. The zero-order chi connectivity index (χ0) is 26.7. The minimum absolute atomic E-state index is 0.162. The Morgan fingerprint density at radius 3 is 2.47 bits per heavy atom. The molecule has 7 nitrogen and oxygen atoms in total. The molecule has 1 saturated carbocycles. The van der Waals surface area contributed by atoms with Crippen molar-refractivity contribution in [2.45, 2.75) is 63.8 Å². The molecule has 0 radical (unpaired) electrons. The minimum Gasteiger partial charge on any atom is -0.495 e. The number of benzene rings is 1. The van der Waals surface area contributed by atoms with Gasteiger partial charge in [-0.3, -0.25) is 9.36 Å². The predicted octanol–water partition coefficient (Wildman–Crippen LogP) is 4.52. The molecule has 3 rings (SSSR count). The van der Waals surface area contributed by atoms with Crippen LogP contribution in [-0.4, -0.2) is 55.2 Å². The van der Waals surface area contributed by atoms with Crippen LogP contribution in [0.15, 0.2) is 24.4 Å². The lowest BCUT2D eigenvalue weighted by atomic mass is 9.89. The zero-order valence-corrected chi connectivity index (χ0v) is 21.9. The number of alkyl halides is 3. The quantitative estimate of drug-likeness (QED) is 0.516. The molecule has 1 aromatic carbocycles. The maximum atomic E-state index is 13.0. The van der Waals surface area contributed by atoms with Gasteiger partial charge in [-0.15, -0.1) is 0 Å². The van der Waals surface area contributed by atoms with Crippen molar-refractivity contribution < 1.29 is 31.1 Å². The van der Waals surface area contributed by atoms with E-state index in [1.807, 2.05) is 6.92 Å². The summed E-state index contributed by atoms with van der Waals surface area (Å²) in [6, 6.07) is 4.90. The van der Waals surface area contributed by atoms with Gasteiger partial charge in [0.2, 0.25) is 0 Å². The Bertz CT molecular complexity index is 1170. The highest BCUT2D eigenvalue weighted by Gasteiger charge is 2.36. The molecule has 1 aliphatic rings. The predicted molar refractivity (Wildman–Crippen MR) is 131 cm³/mol. The Morgan fingerprint density at radius 2 is 1.92 bits per heavy atom. The molecule has 200 valence electrons. The highest BCUT2D eigenvalue weighted by atomic mass is 32.2. The zero-order valence-electron chi connectivity index (χ0n) is 21.1. The lowest BCUT2D eigenvalue weighted by Gasteiger charge is -2.27. The summed E-state index contributed by atoms with van der Waals surface area (Å²) in [7, 11) is -1.59. The lowest BCUT2D eigenvalue weighted by molar-refractivity contribution is -0.169. The summed E-state index contributed by atoms with van der Waals surface area (Å²) in [4.78, 5) is 17.3. The molecule has 1 atom stereocenters. The van der Waals surface area contributed by atoms with Crippen molar-refractivity contribution in [1.82, 2.24) is 14.9 Å². The molecule has 36 heavy (non-hydrogen) atoms. The summed E-state index contributed by atoms with van der Waals surface area (Å²) in [5, 5.41) is 2.61. The number of hydrogen-bond acceptors (Lipinski definition) is 5. The van der Waals surface area contributed by atoms with Crippen LogP contribution in [0.3, 0.4) is 0 Å². The molecule has 1 aliphatic carbocycles. The number of imidazole rings is 1. The Kier molecular flexibility index (Phi) is 8.74. The number of ether oxygens (including phenoxy) is 1. The fourth-order valence-corrected chi connectivity index (χ4v) is 5.72. The van der Waals surface area contributed by atoms with E-state index in [9.17, 15) is 26.4 Å². The second-order valence-corrected chi connectivity index (χ2v) is 11.9. The Hall–Kier alpha value is -2.56. The normalized spacial score (nSPS) is 19.6. The summed E-state index contributed by atoms with van der Waals surface area (Å²) >= 11 is 0. The molecule has 1 N–H and O–H groups in total. The number of amides is 1. The van der Waals surface area contributed by atoms with Crippen LogP contribution in [0.2, 0.25) is 0 Å². The summed E-state index contributed by atoms with van der Waals surface area (Å²) < 4.78 is 69.6. The number of aromatic nitrogens is 2. The molecule has 0 saturated heterocycles. The molecule has 0 aliphatic heterocycles. The first-order valence-corrected chi connectivity index (χ1v) is 14.1. The monoisotopic (exact) mass is 529 g/mol. The highest BCUT2D eigenvalue weighted by molar-refractivity contribution is 7.91. The molecular formula is C25H34F3N3O4S. The third-order valence-electron chi connectivity index (χ3n) is 6.88. The van der Waals surface area contributed by atoms with Gasteiger partial charge in [0.15, 0.2) is 0 Å². The Labute approximate surface area is 210 Å². The maximum Gasteiger partial charge on any atom is 0.391 e. The van der Waals surface area contributed by atoms with Crippen molar-refractivity contribution in [3.8, 4) is 11.4 Å². The third-order valence-corrected chi connectivity index (χ3v) is 8.57. The van der Waals surface area contributed by atoms with Crippen molar-refractivity contribution in [1.29, 1.82) is 0 Å². The van der Waals surface area contributed by atoms with Gasteiger partial charge in [0, 0.05) is 25.4 Å². The van der Waals surface area contributed by atoms with E-state index in [0.717, 1.165) is 19.8 Å². The van der Waals surface area contributed by atoms with E-state index < -0.39 is 21.9 Å². The van der Waals surface area contributed by atoms with Crippen LogP contribution >= 0.6 is 0 Å². The number of nitrogens with zero attached hydrogens (tertiary/aromatic N) is 2. The topological polar surface area (TPSA) is 90.3 Å². The third kappa shape index (κ3) is 6.80. The van der Waals surface area contributed by atoms with Gasteiger partial charge in [-0.2, -0.15) is 13.2 Å². The van der Waals surface area contributed by atoms with Crippen molar-refractivity contribution in [2.24, 2.45) is 11.8 Å². The summed E-state index contributed by atoms with van der Waals surface area (Å²) in [5.41, 5.74) is 1.32. The lowest BCUT2D eigenvalue weighted by Crippen LogP contribution is -2.34. The van der Waals surface area contributed by atoms with E-state index in [-0.39, 0.29) is 29.2 Å². The summed E-state index contributed by atoms with van der Waals surface area (Å²) in [6.45, 7) is 3.49. The molecule has 1 fully saturated rings. The minimum atomic E-state index is -4.28. The molecule has 0 unspecified atom stereocenters. The Balaban J connectivity index is 1.71. The number of carbonyl (C=O) groups excluding carboxylic acids is 1. The van der Waals surface area contributed by atoms with Crippen LogP contribution in [0, 0.1) is 11.8 Å². The van der Waals surface area contributed by atoms with Crippen molar-refractivity contribution in [3.05, 3.63) is 41.5 Å². The number of halogens is 3. The van der Waals surface area contributed by atoms with E-state index in [0.29, 0.717) is 48.6 Å². The number of sulfone groups is 1. The first kappa shape index (κ1) is 28.0. The number of nitrogens with one attached hydrogen (secondary N) is 1. The number of aryl methyl sites for hydroxylation is 1. The van der Waals surface area contributed by atoms with Crippen molar-refractivity contribution >= 4 is 15.7 Å². The highest BCUT2D eigenvalue weighted by Crippen LogP contribution is 2.32. The second kappa shape index (κ2) is 11.2. The van der Waals surface area contributed by atoms with Gasteiger partial charge in [0.25, 0.3) is 5.91 Å². The molecule has 1 heterocycles. The van der Waals surface area contributed by atoms with E-state index in [2.05, 4.69) is 10.3 Å². The van der Waals surface area contributed by atoms with Crippen molar-refractivity contribution in [3.63, 3.8) is 0 Å². The van der Waals surface area contributed by atoms with Crippen LogP contribution < -0.4 is 10.1 Å². The summed E-state index contributed by atoms with van der Waals surface area (Å²) in [6.07, 6.45) is 1.64. The van der Waals surface area contributed by atoms with Crippen LogP contribution in [0.1, 0.15) is 61.4 Å². The fourth-order valence-electron chi connectivity index (χ4n) is 4.59. The largest absolute Gasteiger partial charge is 0.495 e. The molecule has 2 aromatic rings. The van der Waals surface area contributed by atoms with E-state index in [1.165, 1.54) is 13.4 Å². The van der Waals surface area contributed by atoms with Crippen LogP contribution in [0.4, 0.5) is 13.2 Å². The second-order valence-electron chi connectivity index (χ2n) is 9.60.